The number of carbonyl (C=O) groups excluding carboxylic acids is 1. The fourth-order valence-corrected chi connectivity index (χ4v) is 3.46. The van der Waals surface area contributed by atoms with Crippen molar-refractivity contribution in [3.63, 3.8) is 0 Å². The normalized spacial score (nSPS) is 29.6. The Morgan fingerprint density at radius 3 is 2.65 bits per heavy atom. The summed E-state index contributed by atoms with van der Waals surface area (Å²) in [7, 11) is 0. The van der Waals surface area contributed by atoms with Gasteiger partial charge in [0.15, 0.2) is 0 Å². The molecule has 118 valence electrons. The molecule has 1 aliphatic rings. The zero-order chi connectivity index (χ0) is 15.4. The molecular formula is C15H30N2O2S. The van der Waals surface area contributed by atoms with Crippen LogP contribution in [0.25, 0.3) is 0 Å². The minimum absolute atomic E-state index is 0.0348. The summed E-state index contributed by atoms with van der Waals surface area (Å²) in [4.78, 5) is 12.5. The van der Waals surface area contributed by atoms with E-state index in [0.29, 0.717) is 13.0 Å². The molecule has 0 bridgehead atoms. The van der Waals surface area contributed by atoms with Gasteiger partial charge in [0.2, 0.25) is 5.91 Å². The highest BCUT2D eigenvalue weighted by molar-refractivity contribution is 7.99. The molecule has 1 rings (SSSR count). The molecule has 1 fully saturated rings. The largest absolute Gasteiger partial charge is 0.378 e. The topological polar surface area (TPSA) is 64.3 Å². The number of nitrogens with one attached hydrogen (secondary N) is 1. The molecule has 0 radical (unpaired) electrons. The van der Waals surface area contributed by atoms with E-state index in [0.717, 1.165) is 17.9 Å². The second-order valence-corrected chi connectivity index (χ2v) is 7.60. The lowest BCUT2D eigenvalue weighted by atomic mass is 9.54. The van der Waals surface area contributed by atoms with Crippen LogP contribution in [-0.2, 0) is 9.53 Å². The summed E-state index contributed by atoms with van der Waals surface area (Å²) in [5, 5.41) is 3.07. The minimum atomic E-state index is -0.807. The summed E-state index contributed by atoms with van der Waals surface area (Å²) in [6.07, 6.45) is 1.67. The van der Waals surface area contributed by atoms with Crippen LogP contribution in [0.15, 0.2) is 0 Å². The first kappa shape index (κ1) is 17.8. The first-order chi connectivity index (χ1) is 9.29. The van der Waals surface area contributed by atoms with Crippen LogP contribution in [0.4, 0.5) is 0 Å². The van der Waals surface area contributed by atoms with Crippen molar-refractivity contribution in [1.29, 1.82) is 0 Å². The van der Waals surface area contributed by atoms with Crippen LogP contribution in [-0.4, -0.2) is 41.7 Å². The third-order valence-electron chi connectivity index (χ3n) is 4.51. The Hall–Kier alpha value is -0.260. The Kier molecular flexibility index (Phi) is 6.35. The molecule has 3 atom stereocenters. The summed E-state index contributed by atoms with van der Waals surface area (Å²) < 4.78 is 5.66. The number of hydrogen-bond acceptors (Lipinski definition) is 4. The van der Waals surface area contributed by atoms with Gasteiger partial charge in [-0.15, -0.1) is 0 Å². The van der Waals surface area contributed by atoms with E-state index in [1.807, 2.05) is 39.5 Å². The molecule has 0 saturated heterocycles. The van der Waals surface area contributed by atoms with E-state index >= 15 is 0 Å². The van der Waals surface area contributed by atoms with Crippen LogP contribution in [0.3, 0.4) is 0 Å². The third kappa shape index (κ3) is 3.49. The lowest BCUT2D eigenvalue weighted by Gasteiger charge is -2.57. The Labute approximate surface area is 127 Å². The first-order valence-electron chi connectivity index (χ1n) is 7.58. The minimum Gasteiger partial charge on any atom is -0.378 e. The molecule has 0 heterocycles. The van der Waals surface area contributed by atoms with Crippen molar-refractivity contribution in [2.75, 3.05) is 18.1 Å². The van der Waals surface area contributed by atoms with Crippen LogP contribution >= 0.6 is 11.8 Å². The molecule has 0 aromatic carbocycles. The number of rotatable bonds is 8. The van der Waals surface area contributed by atoms with Crippen molar-refractivity contribution in [2.24, 2.45) is 11.1 Å². The fourth-order valence-electron chi connectivity index (χ4n) is 2.65. The van der Waals surface area contributed by atoms with Crippen LogP contribution in [0.2, 0.25) is 0 Å². The third-order valence-corrected chi connectivity index (χ3v) is 5.44. The summed E-state index contributed by atoms with van der Waals surface area (Å²) >= 11 is 1.89. The first-order valence-corrected chi connectivity index (χ1v) is 8.74. The van der Waals surface area contributed by atoms with Crippen LogP contribution in [0.1, 0.15) is 47.5 Å². The standard InChI is InChI=1S/C15H30N2O2S/c1-6-19-12-10-15(16,14(12,4)5)13(18)17-11(3)8-9-20-7-2/h11-12H,6-10,16H2,1-5H3,(H,17,18). The van der Waals surface area contributed by atoms with Gasteiger partial charge >= 0.3 is 0 Å². The Balaban J connectivity index is 2.51. The molecule has 1 saturated carbocycles. The molecule has 0 aromatic heterocycles. The van der Waals surface area contributed by atoms with Crippen molar-refractivity contribution < 1.29 is 9.53 Å². The van der Waals surface area contributed by atoms with Crippen molar-refractivity contribution in [3.05, 3.63) is 0 Å². The average molecular weight is 302 g/mol. The van der Waals surface area contributed by atoms with Crippen LogP contribution in [0.5, 0.6) is 0 Å². The molecule has 3 N–H and O–H groups in total. The van der Waals surface area contributed by atoms with E-state index in [9.17, 15) is 4.79 Å². The number of amides is 1. The number of hydrogen-bond donors (Lipinski definition) is 2. The monoisotopic (exact) mass is 302 g/mol. The van der Waals surface area contributed by atoms with E-state index in [-0.39, 0.29) is 23.5 Å². The lowest BCUT2D eigenvalue weighted by molar-refractivity contribution is -0.171. The van der Waals surface area contributed by atoms with Crippen molar-refractivity contribution in [3.8, 4) is 0 Å². The number of nitrogens with two attached hydrogens (primary N) is 1. The van der Waals surface area contributed by atoms with Crippen molar-refractivity contribution in [1.82, 2.24) is 5.32 Å². The van der Waals surface area contributed by atoms with Gasteiger partial charge in [0, 0.05) is 24.5 Å². The predicted molar refractivity (Wildman–Crippen MR) is 86.0 cm³/mol. The summed E-state index contributed by atoms with van der Waals surface area (Å²) in [5.41, 5.74) is 5.23. The Morgan fingerprint density at radius 1 is 1.50 bits per heavy atom. The van der Waals surface area contributed by atoms with E-state index in [4.69, 9.17) is 10.5 Å². The SMILES string of the molecule is CCOC1CC(N)(C(=O)NC(C)CCSCC)C1(C)C. The van der Waals surface area contributed by atoms with E-state index in [2.05, 4.69) is 12.2 Å². The molecular weight excluding hydrogens is 272 g/mol. The van der Waals surface area contributed by atoms with E-state index < -0.39 is 5.54 Å². The Bertz CT molecular complexity index is 336. The van der Waals surface area contributed by atoms with Gasteiger partial charge in [-0.1, -0.05) is 20.8 Å². The molecule has 1 aliphatic carbocycles. The van der Waals surface area contributed by atoms with Gasteiger partial charge in [-0.25, -0.2) is 0 Å². The Morgan fingerprint density at radius 2 is 2.15 bits per heavy atom. The smallest absolute Gasteiger partial charge is 0.241 e. The second-order valence-electron chi connectivity index (χ2n) is 6.20. The van der Waals surface area contributed by atoms with Crippen LogP contribution in [0, 0.1) is 5.41 Å². The lowest BCUT2D eigenvalue weighted by Crippen LogP contribution is -2.76. The van der Waals surface area contributed by atoms with Crippen molar-refractivity contribution in [2.45, 2.75) is 65.1 Å². The molecule has 0 aliphatic heterocycles. The molecule has 4 nitrogen and oxygen atoms in total. The maximum Gasteiger partial charge on any atom is 0.241 e. The fraction of sp³-hybridized carbons (Fsp3) is 0.933. The molecule has 0 aromatic rings. The van der Waals surface area contributed by atoms with E-state index in [1.54, 1.807) is 0 Å². The molecule has 20 heavy (non-hydrogen) atoms. The number of thioether (sulfide) groups is 1. The van der Waals surface area contributed by atoms with Gasteiger partial charge in [0.25, 0.3) is 0 Å². The maximum atomic E-state index is 12.5. The predicted octanol–water partition coefficient (Wildman–Crippen LogP) is 2.17. The zero-order valence-corrected chi connectivity index (χ0v) is 14.3. The maximum absolute atomic E-state index is 12.5. The van der Waals surface area contributed by atoms with E-state index in [1.165, 1.54) is 0 Å². The van der Waals surface area contributed by atoms with Crippen LogP contribution < -0.4 is 11.1 Å². The number of ether oxygens (including phenoxy) is 1. The average Bonchev–Trinajstić information content (AvgIpc) is 2.38. The number of carbonyl (C=O) groups is 1. The quantitative estimate of drug-likeness (QED) is 0.675. The zero-order valence-electron chi connectivity index (χ0n) is 13.5. The molecule has 5 heteroatoms. The summed E-state index contributed by atoms with van der Waals surface area (Å²) in [5.74, 6) is 2.15. The second kappa shape index (κ2) is 7.14. The highest BCUT2D eigenvalue weighted by atomic mass is 32.2. The van der Waals surface area contributed by atoms with Gasteiger partial charge in [-0.05, 0) is 31.8 Å². The van der Waals surface area contributed by atoms with Gasteiger partial charge in [0.1, 0.15) is 5.54 Å². The molecule has 0 spiro atoms. The summed E-state index contributed by atoms with van der Waals surface area (Å²) in [6, 6.07) is 0.170. The van der Waals surface area contributed by atoms with Gasteiger partial charge < -0.3 is 15.8 Å². The van der Waals surface area contributed by atoms with Crippen molar-refractivity contribution >= 4 is 17.7 Å². The summed E-state index contributed by atoms with van der Waals surface area (Å²) in [6.45, 7) is 10.9. The molecule has 1 amide bonds. The highest BCUT2D eigenvalue weighted by Crippen LogP contribution is 2.49. The van der Waals surface area contributed by atoms with Gasteiger partial charge in [0.05, 0.1) is 6.10 Å². The highest BCUT2D eigenvalue weighted by Gasteiger charge is 2.62. The van der Waals surface area contributed by atoms with Gasteiger partial charge in [-0.2, -0.15) is 11.8 Å². The molecule has 3 unspecified atom stereocenters. The van der Waals surface area contributed by atoms with Gasteiger partial charge in [-0.3, -0.25) is 4.79 Å².